The second kappa shape index (κ2) is 6.27. The number of rotatable bonds is 5. The van der Waals surface area contributed by atoms with Crippen molar-refractivity contribution < 1.29 is 4.74 Å². The standard InChI is InChI=1S/C8H11ClN2OS2/c1-6(2)12-7-10-11-8(14-7)13-5-3-4-9/h3-4,6H,5H2,1-2H3. The lowest BCUT2D eigenvalue weighted by molar-refractivity contribution is 0.239. The minimum absolute atomic E-state index is 0.142. The topological polar surface area (TPSA) is 35.0 Å². The quantitative estimate of drug-likeness (QED) is 0.752. The van der Waals surface area contributed by atoms with E-state index in [0.717, 1.165) is 10.1 Å². The third-order valence-corrected chi connectivity index (χ3v) is 3.19. The molecule has 1 heterocycles. The lowest BCUT2D eigenvalue weighted by Gasteiger charge is -2.02. The number of aromatic nitrogens is 2. The number of nitrogens with zero attached hydrogens (tertiary/aromatic N) is 2. The fourth-order valence-electron chi connectivity index (χ4n) is 0.661. The van der Waals surface area contributed by atoms with Crippen molar-refractivity contribution in [1.29, 1.82) is 0 Å². The van der Waals surface area contributed by atoms with Gasteiger partial charge in [0.1, 0.15) is 0 Å². The average Bonchev–Trinajstić information content (AvgIpc) is 2.52. The first-order chi connectivity index (χ1) is 6.72. The second-order valence-corrected chi connectivity index (χ2v) is 5.13. The molecular formula is C8H11ClN2OS2. The molecular weight excluding hydrogens is 240 g/mol. The van der Waals surface area contributed by atoms with Gasteiger partial charge >= 0.3 is 0 Å². The highest BCUT2D eigenvalue weighted by Crippen LogP contribution is 2.27. The van der Waals surface area contributed by atoms with Crippen molar-refractivity contribution in [3.63, 3.8) is 0 Å². The van der Waals surface area contributed by atoms with Crippen LogP contribution in [0.4, 0.5) is 0 Å². The van der Waals surface area contributed by atoms with Gasteiger partial charge in [-0.05, 0) is 25.2 Å². The fraction of sp³-hybridized carbons (Fsp3) is 0.500. The van der Waals surface area contributed by atoms with Crippen molar-refractivity contribution in [1.82, 2.24) is 10.2 Å². The zero-order valence-electron chi connectivity index (χ0n) is 7.94. The molecule has 0 unspecified atom stereocenters. The predicted octanol–water partition coefficient (Wildman–Crippen LogP) is 3.17. The Balaban J connectivity index is 2.42. The smallest absolute Gasteiger partial charge is 0.295 e. The van der Waals surface area contributed by atoms with Crippen LogP contribution in [0.3, 0.4) is 0 Å². The summed E-state index contributed by atoms with van der Waals surface area (Å²) in [6, 6.07) is 0. The highest BCUT2D eigenvalue weighted by molar-refractivity contribution is 8.01. The van der Waals surface area contributed by atoms with Gasteiger partial charge < -0.3 is 4.74 Å². The molecule has 0 aromatic carbocycles. The summed E-state index contributed by atoms with van der Waals surface area (Å²) in [5, 5.41) is 8.50. The van der Waals surface area contributed by atoms with Gasteiger partial charge in [0.2, 0.25) is 0 Å². The molecule has 6 heteroatoms. The first-order valence-corrected chi connectivity index (χ1v) is 6.34. The molecule has 1 aromatic rings. The van der Waals surface area contributed by atoms with Crippen LogP contribution in [0.25, 0.3) is 0 Å². The van der Waals surface area contributed by atoms with Crippen LogP contribution in [0.15, 0.2) is 16.0 Å². The summed E-state index contributed by atoms with van der Waals surface area (Å²) in [5.74, 6) is 0.805. The van der Waals surface area contributed by atoms with E-state index in [-0.39, 0.29) is 6.10 Å². The van der Waals surface area contributed by atoms with Gasteiger partial charge in [0.05, 0.1) is 6.10 Å². The summed E-state index contributed by atoms with van der Waals surface area (Å²) in [6.07, 6.45) is 2.00. The zero-order chi connectivity index (χ0) is 10.4. The average molecular weight is 251 g/mol. The molecule has 78 valence electrons. The van der Waals surface area contributed by atoms with Crippen molar-refractivity contribution in [3.8, 4) is 5.19 Å². The molecule has 0 saturated carbocycles. The summed E-state index contributed by atoms with van der Waals surface area (Å²) < 4.78 is 6.29. The van der Waals surface area contributed by atoms with E-state index in [0.29, 0.717) is 5.19 Å². The van der Waals surface area contributed by atoms with Crippen LogP contribution in [0.2, 0.25) is 0 Å². The maximum Gasteiger partial charge on any atom is 0.295 e. The lowest BCUT2D eigenvalue weighted by Crippen LogP contribution is -2.04. The number of hydrogen-bond acceptors (Lipinski definition) is 5. The summed E-state index contributed by atoms with van der Waals surface area (Å²) >= 11 is 8.43. The van der Waals surface area contributed by atoms with E-state index in [1.54, 1.807) is 11.8 Å². The first kappa shape index (κ1) is 11.8. The Morgan fingerprint density at radius 1 is 1.57 bits per heavy atom. The number of ether oxygens (including phenoxy) is 1. The van der Waals surface area contributed by atoms with Gasteiger partial charge in [-0.1, -0.05) is 34.5 Å². The zero-order valence-corrected chi connectivity index (χ0v) is 10.3. The van der Waals surface area contributed by atoms with Gasteiger partial charge in [-0.15, -0.1) is 5.10 Å². The van der Waals surface area contributed by atoms with Crippen LogP contribution in [0.5, 0.6) is 5.19 Å². The van der Waals surface area contributed by atoms with E-state index in [2.05, 4.69) is 10.2 Å². The molecule has 0 fully saturated rings. The molecule has 0 amide bonds. The summed E-state index contributed by atoms with van der Waals surface area (Å²) in [6.45, 7) is 3.93. The Morgan fingerprint density at radius 3 is 3.00 bits per heavy atom. The predicted molar refractivity (Wildman–Crippen MR) is 61.4 cm³/mol. The van der Waals surface area contributed by atoms with Crippen LogP contribution in [0.1, 0.15) is 13.8 Å². The molecule has 0 atom stereocenters. The first-order valence-electron chi connectivity index (χ1n) is 4.10. The number of hydrogen-bond donors (Lipinski definition) is 0. The third-order valence-electron chi connectivity index (χ3n) is 1.12. The van der Waals surface area contributed by atoms with Gasteiger partial charge in [0, 0.05) is 11.3 Å². The molecule has 0 aliphatic heterocycles. The minimum atomic E-state index is 0.142. The van der Waals surface area contributed by atoms with Crippen molar-refractivity contribution in [2.24, 2.45) is 0 Å². The third kappa shape index (κ3) is 4.30. The van der Waals surface area contributed by atoms with E-state index in [1.807, 2.05) is 19.9 Å². The molecule has 0 bridgehead atoms. The molecule has 1 aromatic heterocycles. The summed E-state index contributed by atoms with van der Waals surface area (Å²) in [7, 11) is 0. The molecule has 3 nitrogen and oxygen atoms in total. The Hall–Kier alpha value is -0.260. The number of halogens is 1. The van der Waals surface area contributed by atoms with Gasteiger partial charge in [0.15, 0.2) is 4.34 Å². The van der Waals surface area contributed by atoms with Crippen molar-refractivity contribution >= 4 is 34.7 Å². The molecule has 0 aliphatic rings. The van der Waals surface area contributed by atoms with Crippen LogP contribution in [0, 0.1) is 0 Å². The monoisotopic (exact) mass is 250 g/mol. The fourth-order valence-corrected chi connectivity index (χ4v) is 2.50. The molecule has 0 N–H and O–H groups in total. The van der Waals surface area contributed by atoms with Crippen LogP contribution >= 0.6 is 34.7 Å². The highest BCUT2D eigenvalue weighted by atomic mass is 35.5. The van der Waals surface area contributed by atoms with Crippen LogP contribution in [-0.4, -0.2) is 22.1 Å². The molecule has 0 spiro atoms. The van der Waals surface area contributed by atoms with E-state index in [9.17, 15) is 0 Å². The summed E-state index contributed by atoms with van der Waals surface area (Å²) in [5.41, 5.74) is 1.50. The number of thioether (sulfide) groups is 1. The van der Waals surface area contributed by atoms with Gasteiger partial charge in [-0.25, -0.2) is 0 Å². The Labute approximate surface area is 96.5 Å². The van der Waals surface area contributed by atoms with Gasteiger partial charge in [-0.3, -0.25) is 0 Å². The van der Waals surface area contributed by atoms with Crippen molar-refractivity contribution in [2.45, 2.75) is 24.3 Å². The molecule has 0 saturated heterocycles. The van der Waals surface area contributed by atoms with E-state index in [1.165, 1.54) is 16.9 Å². The normalized spacial score (nSPS) is 11.4. The Kier molecular flexibility index (Phi) is 5.29. The van der Waals surface area contributed by atoms with Crippen LogP contribution < -0.4 is 4.74 Å². The van der Waals surface area contributed by atoms with Gasteiger partial charge in [0.25, 0.3) is 5.19 Å². The highest BCUT2D eigenvalue weighted by Gasteiger charge is 2.06. The van der Waals surface area contributed by atoms with E-state index < -0.39 is 0 Å². The second-order valence-electron chi connectivity index (χ2n) is 2.67. The van der Waals surface area contributed by atoms with E-state index >= 15 is 0 Å². The largest absolute Gasteiger partial charge is 0.466 e. The van der Waals surface area contributed by atoms with Crippen LogP contribution in [-0.2, 0) is 0 Å². The Bertz CT molecular complexity index is 301. The minimum Gasteiger partial charge on any atom is -0.466 e. The van der Waals surface area contributed by atoms with Gasteiger partial charge in [-0.2, -0.15) is 0 Å². The Morgan fingerprint density at radius 2 is 2.36 bits per heavy atom. The molecule has 0 aliphatic carbocycles. The van der Waals surface area contributed by atoms with E-state index in [4.69, 9.17) is 16.3 Å². The maximum absolute atomic E-state index is 5.39. The molecule has 1 rings (SSSR count). The molecule has 0 radical (unpaired) electrons. The summed E-state index contributed by atoms with van der Waals surface area (Å²) in [4.78, 5) is 0. The van der Waals surface area contributed by atoms with Crippen molar-refractivity contribution in [2.75, 3.05) is 5.75 Å². The molecule has 14 heavy (non-hydrogen) atoms. The van der Waals surface area contributed by atoms with Crippen molar-refractivity contribution in [3.05, 3.63) is 11.6 Å². The lowest BCUT2D eigenvalue weighted by atomic mass is 10.5. The maximum atomic E-state index is 5.39. The SMILES string of the molecule is CC(C)Oc1nnc(SCC=CCl)s1.